The molecule has 4 aromatic carbocycles. The van der Waals surface area contributed by atoms with Crippen LogP contribution in [-0.2, 0) is 10.8 Å². The van der Waals surface area contributed by atoms with Gasteiger partial charge >= 0.3 is 0 Å². The molecule has 5 rings (SSSR count). The topological polar surface area (TPSA) is 80.9 Å². The van der Waals surface area contributed by atoms with Crippen molar-refractivity contribution in [2.24, 2.45) is 11.3 Å². The van der Waals surface area contributed by atoms with Crippen LogP contribution in [0.5, 0.6) is 23.0 Å². The van der Waals surface area contributed by atoms with Crippen LogP contribution >= 0.6 is 0 Å². The summed E-state index contributed by atoms with van der Waals surface area (Å²) >= 11 is 0. The number of phenols is 4. The Hall–Kier alpha value is -3.92. The molecule has 0 amide bonds. The molecule has 0 aromatic heterocycles. The quantitative estimate of drug-likeness (QED) is 0.220. The summed E-state index contributed by atoms with van der Waals surface area (Å²) in [6.07, 6.45) is 1.76. The van der Waals surface area contributed by atoms with Crippen LogP contribution in [0.2, 0.25) is 0 Å². The smallest absolute Gasteiger partial charge is 0.118 e. The fourth-order valence-electron chi connectivity index (χ4n) is 7.89. The molecule has 0 radical (unpaired) electrons. The van der Waals surface area contributed by atoms with Crippen LogP contribution in [0.1, 0.15) is 67.0 Å². The van der Waals surface area contributed by atoms with Gasteiger partial charge in [0.1, 0.15) is 23.0 Å². The predicted molar refractivity (Wildman–Crippen MR) is 156 cm³/mol. The van der Waals surface area contributed by atoms with Crippen LogP contribution in [0, 0.1) is 25.2 Å². The first kappa shape index (κ1) is 26.7. The molecule has 4 aromatic rings. The molecule has 0 heterocycles. The molecule has 1 aliphatic carbocycles. The number of rotatable bonds is 4. The van der Waals surface area contributed by atoms with Gasteiger partial charge < -0.3 is 20.4 Å². The second-order valence-electron chi connectivity index (χ2n) is 12.1. The highest BCUT2D eigenvalue weighted by Crippen LogP contribution is 2.68. The number of benzene rings is 4. The largest absolute Gasteiger partial charge is 0.508 e. The number of hydrogen-bond acceptors (Lipinski definition) is 4. The normalized spacial score (nSPS) is 19.5. The zero-order chi connectivity index (χ0) is 28.2. The minimum absolute atomic E-state index is 0.202. The van der Waals surface area contributed by atoms with Crippen molar-refractivity contribution >= 4 is 0 Å². The summed E-state index contributed by atoms with van der Waals surface area (Å²) in [7, 11) is 0. The van der Waals surface area contributed by atoms with Gasteiger partial charge in [-0.2, -0.15) is 0 Å². The van der Waals surface area contributed by atoms with Crippen LogP contribution in [-0.4, -0.2) is 20.4 Å². The third kappa shape index (κ3) is 3.96. The second kappa shape index (κ2) is 9.37. The Balaban J connectivity index is 2.05. The van der Waals surface area contributed by atoms with Crippen molar-refractivity contribution in [1.29, 1.82) is 0 Å². The van der Waals surface area contributed by atoms with E-state index >= 15 is 0 Å². The van der Waals surface area contributed by atoms with Crippen molar-refractivity contribution < 1.29 is 20.4 Å². The fourth-order valence-corrected chi connectivity index (χ4v) is 7.89. The van der Waals surface area contributed by atoms with E-state index in [1.165, 1.54) is 0 Å². The van der Waals surface area contributed by atoms with Crippen LogP contribution in [0.15, 0.2) is 84.9 Å². The van der Waals surface area contributed by atoms with E-state index < -0.39 is 10.8 Å². The molecule has 0 saturated heterocycles. The van der Waals surface area contributed by atoms with Gasteiger partial charge in [0.2, 0.25) is 0 Å². The third-order valence-electron chi connectivity index (χ3n) is 9.15. The molecule has 0 bridgehead atoms. The standard InChI is InChI=1S/C35H38O4/c1-22-20-33(4,5)35(25-6-12-29(36)13-7-25,26-8-14-30(37)15-9-26)34(21-22,27-10-16-31(38)23(2)18-27)28-11-17-32(39)24(3)19-28/h6-19,22,36-39H,20-21H2,1-5H3. The summed E-state index contributed by atoms with van der Waals surface area (Å²) < 4.78 is 0. The van der Waals surface area contributed by atoms with Gasteiger partial charge in [0.05, 0.1) is 0 Å². The van der Waals surface area contributed by atoms with E-state index in [0.29, 0.717) is 5.92 Å². The minimum Gasteiger partial charge on any atom is -0.508 e. The molecule has 4 N–H and O–H groups in total. The maximum Gasteiger partial charge on any atom is 0.118 e. The van der Waals surface area contributed by atoms with Crippen LogP contribution < -0.4 is 0 Å². The number of aryl methyl sites for hydroxylation is 2. The fraction of sp³-hybridized carbons (Fsp3) is 0.314. The molecular weight excluding hydrogens is 484 g/mol. The van der Waals surface area contributed by atoms with E-state index in [2.05, 4.69) is 32.9 Å². The summed E-state index contributed by atoms with van der Waals surface area (Å²) in [6.45, 7) is 10.8. The molecule has 1 atom stereocenters. The first-order valence-electron chi connectivity index (χ1n) is 13.6. The van der Waals surface area contributed by atoms with Crippen molar-refractivity contribution in [2.75, 3.05) is 0 Å². The Labute approximate surface area is 231 Å². The summed E-state index contributed by atoms with van der Waals surface area (Å²) in [5, 5.41) is 41.8. The summed E-state index contributed by atoms with van der Waals surface area (Å²) in [5.74, 6) is 1.25. The SMILES string of the molecule is Cc1cc(C2(c3ccc(O)c(C)c3)CC(C)CC(C)(C)C2(c2ccc(O)cc2)c2ccc(O)cc2)ccc1O. The van der Waals surface area contributed by atoms with E-state index in [0.717, 1.165) is 46.2 Å². The van der Waals surface area contributed by atoms with Crippen LogP contribution in [0.25, 0.3) is 0 Å². The van der Waals surface area contributed by atoms with E-state index in [9.17, 15) is 20.4 Å². The lowest BCUT2D eigenvalue weighted by Gasteiger charge is -2.64. The molecule has 39 heavy (non-hydrogen) atoms. The van der Waals surface area contributed by atoms with E-state index in [1.54, 1.807) is 36.4 Å². The first-order chi connectivity index (χ1) is 18.4. The van der Waals surface area contributed by atoms with E-state index in [1.807, 2.05) is 50.2 Å². The Morgan fingerprint density at radius 3 is 1.33 bits per heavy atom. The van der Waals surface area contributed by atoms with Gasteiger partial charge in [-0.05, 0) is 108 Å². The van der Waals surface area contributed by atoms with Crippen molar-refractivity contribution in [3.8, 4) is 23.0 Å². The molecule has 0 spiro atoms. The highest BCUT2D eigenvalue weighted by molar-refractivity contribution is 5.61. The Morgan fingerprint density at radius 1 is 0.564 bits per heavy atom. The predicted octanol–water partition coefficient (Wildman–Crippen LogP) is 7.85. The molecule has 4 nitrogen and oxygen atoms in total. The Morgan fingerprint density at radius 2 is 0.949 bits per heavy atom. The summed E-state index contributed by atoms with van der Waals surface area (Å²) in [6, 6.07) is 26.9. The zero-order valence-electron chi connectivity index (χ0n) is 23.4. The van der Waals surface area contributed by atoms with E-state index in [4.69, 9.17) is 0 Å². The molecule has 4 heteroatoms. The van der Waals surface area contributed by atoms with Gasteiger partial charge in [0.15, 0.2) is 0 Å². The monoisotopic (exact) mass is 522 g/mol. The van der Waals surface area contributed by atoms with Crippen molar-refractivity contribution in [1.82, 2.24) is 0 Å². The highest BCUT2D eigenvalue weighted by Gasteiger charge is 2.65. The van der Waals surface area contributed by atoms with Crippen molar-refractivity contribution in [3.05, 3.63) is 118 Å². The van der Waals surface area contributed by atoms with E-state index in [-0.39, 0.29) is 28.4 Å². The molecular formula is C35H38O4. The number of aromatic hydroxyl groups is 4. The molecule has 1 fully saturated rings. The van der Waals surface area contributed by atoms with Gasteiger partial charge in [-0.3, -0.25) is 0 Å². The third-order valence-corrected chi connectivity index (χ3v) is 9.15. The highest BCUT2D eigenvalue weighted by atomic mass is 16.3. The second-order valence-corrected chi connectivity index (χ2v) is 12.1. The maximum atomic E-state index is 10.6. The lowest BCUT2D eigenvalue weighted by molar-refractivity contribution is 0.0272. The molecule has 202 valence electrons. The Bertz CT molecular complexity index is 1400. The van der Waals surface area contributed by atoms with Crippen molar-refractivity contribution in [3.63, 3.8) is 0 Å². The minimum atomic E-state index is -0.666. The average Bonchev–Trinajstić information content (AvgIpc) is 2.88. The van der Waals surface area contributed by atoms with Gasteiger partial charge in [0.25, 0.3) is 0 Å². The zero-order valence-corrected chi connectivity index (χ0v) is 23.4. The lowest BCUT2D eigenvalue weighted by atomic mass is 9.37. The number of hydrogen-bond donors (Lipinski definition) is 4. The maximum absolute atomic E-state index is 10.6. The molecule has 1 unspecified atom stereocenters. The van der Waals surface area contributed by atoms with Gasteiger partial charge in [-0.1, -0.05) is 69.3 Å². The van der Waals surface area contributed by atoms with Gasteiger partial charge in [-0.25, -0.2) is 0 Å². The van der Waals surface area contributed by atoms with Gasteiger partial charge in [-0.15, -0.1) is 0 Å². The first-order valence-corrected chi connectivity index (χ1v) is 13.6. The van der Waals surface area contributed by atoms with Crippen molar-refractivity contribution in [2.45, 2.75) is 58.3 Å². The molecule has 1 saturated carbocycles. The van der Waals surface area contributed by atoms with Crippen LogP contribution in [0.3, 0.4) is 0 Å². The Kier molecular flexibility index (Phi) is 6.41. The summed E-state index contributed by atoms with van der Waals surface area (Å²) in [5.41, 5.74) is 4.23. The number of phenolic OH excluding ortho intramolecular Hbond substituents is 4. The van der Waals surface area contributed by atoms with Crippen LogP contribution in [0.4, 0.5) is 0 Å². The van der Waals surface area contributed by atoms with Gasteiger partial charge in [0, 0.05) is 10.8 Å². The summed E-state index contributed by atoms with van der Waals surface area (Å²) in [4.78, 5) is 0. The average molecular weight is 523 g/mol. The lowest BCUT2D eigenvalue weighted by Crippen LogP contribution is -2.63. The molecule has 1 aliphatic rings. The molecule has 0 aliphatic heterocycles.